The monoisotopic (exact) mass is 627 g/mol. The van der Waals surface area contributed by atoms with E-state index in [9.17, 15) is 33.1 Å². The quantitative estimate of drug-likeness (QED) is 0.259. The third-order valence-corrected chi connectivity index (χ3v) is 7.58. The third-order valence-electron chi connectivity index (χ3n) is 7.06. The summed E-state index contributed by atoms with van der Waals surface area (Å²) in [5.41, 5.74) is -3.72. The molecule has 1 heterocycles. The van der Waals surface area contributed by atoms with Crippen LogP contribution in [-0.4, -0.2) is 42.4 Å². The summed E-state index contributed by atoms with van der Waals surface area (Å²) in [7, 11) is 1.19. The standard InChI is InChI=1S/C28H20Cl2F5N3O4/c1-42-20-9-13(26(40)41)5-8-19(20)37-25(39)24-22(15-3-2-4-17(30)23(15)32)27(12-36,21(38-24)11-28(33,34)35)16-7-6-14(29)10-18(16)31/h2-10,21-22,24,38H,11H2,1H3,(H,37,39)(H,40,41)/t21-,22-,24+,27-/m0/s1. The fraction of sp³-hybridized carbons (Fsp3) is 0.250. The first kappa shape index (κ1) is 31.0. The molecule has 0 aliphatic carbocycles. The van der Waals surface area contributed by atoms with Crippen LogP contribution in [0, 0.1) is 23.0 Å². The summed E-state index contributed by atoms with van der Waals surface area (Å²) in [6, 6.07) is 8.08. The van der Waals surface area contributed by atoms with Gasteiger partial charge in [-0.05, 0) is 42.0 Å². The molecule has 1 aliphatic heterocycles. The van der Waals surface area contributed by atoms with Gasteiger partial charge in [0.15, 0.2) is 0 Å². The zero-order valence-corrected chi connectivity index (χ0v) is 22.9. The number of carboxylic acids is 1. The van der Waals surface area contributed by atoms with E-state index in [2.05, 4.69) is 10.6 Å². The van der Waals surface area contributed by atoms with Crippen LogP contribution in [0.1, 0.15) is 33.8 Å². The van der Waals surface area contributed by atoms with Crippen molar-refractivity contribution in [3.8, 4) is 11.8 Å². The number of hydrogen-bond donors (Lipinski definition) is 3. The Hall–Kier alpha value is -3.92. The Morgan fingerprint density at radius 3 is 2.45 bits per heavy atom. The molecule has 4 rings (SSSR count). The molecule has 1 fully saturated rings. The number of nitrogens with zero attached hydrogens (tertiary/aromatic N) is 1. The number of ether oxygens (including phenoxy) is 1. The minimum atomic E-state index is -4.90. The van der Waals surface area contributed by atoms with Crippen LogP contribution in [0.15, 0.2) is 54.6 Å². The SMILES string of the molecule is COc1cc(C(=O)O)ccc1NC(=O)[C@@H]1N[C@@H](CC(F)(F)F)[C@](C#N)(c2ccc(Cl)cc2F)[C@H]1c1cccc(Cl)c1F. The van der Waals surface area contributed by atoms with Gasteiger partial charge in [0, 0.05) is 22.5 Å². The van der Waals surface area contributed by atoms with Crippen molar-refractivity contribution in [2.45, 2.75) is 36.0 Å². The molecule has 1 amide bonds. The number of amides is 1. The molecule has 220 valence electrons. The summed E-state index contributed by atoms with van der Waals surface area (Å²) >= 11 is 11.9. The minimum Gasteiger partial charge on any atom is -0.495 e. The molecule has 3 aromatic rings. The lowest BCUT2D eigenvalue weighted by Gasteiger charge is -2.35. The number of methoxy groups -OCH3 is 1. The number of benzene rings is 3. The van der Waals surface area contributed by atoms with Crippen LogP contribution in [0.4, 0.5) is 27.6 Å². The summed E-state index contributed by atoms with van der Waals surface area (Å²) in [5.74, 6) is -6.45. The van der Waals surface area contributed by atoms with E-state index in [1.54, 1.807) is 6.07 Å². The largest absolute Gasteiger partial charge is 0.495 e. The summed E-state index contributed by atoms with van der Waals surface area (Å²) < 4.78 is 77.9. The van der Waals surface area contributed by atoms with Crippen LogP contribution < -0.4 is 15.4 Å². The molecule has 7 nitrogen and oxygen atoms in total. The van der Waals surface area contributed by atoms with E-state index in [1.165, 1.54) is 19.2 Å². The van der Waals surface area contributed by atoms with Crippen LogP contribution in [-0.2, 0) is 10.2 Å². The van der Waals surface area contributed by atoms with Gasteiger partial charge in [-0.25, -0.2) is 13.6 Å². The number of nitrogens with one attached hydrogen (secondary N) is 2. The number of rotatable bonds is 7. The lowest BCUT2D eigenvalue weighted by Crippen LogP contribution is -2.45. The Labute approximate surface area is 245 Å². The van der Waals surface area contributed by atoms with Crippen molar-refractivity contribution in [1.82, 2.24) is 5.32 Å². The maximum absolute atomic E-state index is 15.6. The Morgan fingerprint density at radius 1 is 1.14 bits per heavy atom. The highest BCUT2D eigenvalue weighted by Crippen LogP contribution is 2.53. The molecule has 0 spiro atoms. The van der Waals surface area contributed by atoms with Crippen molar-refractivity contribution in [3.05, 3.63) is 93.0 Å². The Balaban J connectivity index is 1.95. The number of anilines is 1. The van der Waals surface area contributed by atoms with Gasteiger partial charge in [0.1, 0.15) is 22.8 Å². The molecule has 0 aromatic heterocycles. The second-order valence-electron chi connectivity index (χ2n) is 9.45. The normalized spacial score (nSPS) is 21.9. The minimum absolute atomic E-state index is 0.0703. The number of alkyl halides is 3. The molecular weight excluding hydrogens is 608 g/mol. The van der Waals surface area contributed by atoms with Crippen molar-refractivity contribution < 1.29 is 41.4 Å². The van der Waals surface area contributed by atoms with E-state index >= 15 is 8.78 Å². The van der Waals surface area contributed by atoms with Crippen LogP contribution >= 0.6 is 23.2 Å². The highest BCUT2D eigenvalue weighted by atomic mass is 35.5. The molecule has 0 radical (unpaired) electrons. The van der Waals surface area contributed by atoms with Crippen LogP contribution in [0.2, 0.25) is 10.0 Å². The molecule has 4 atom stereocenters. The van der Waals surface area contributed by atoms with Crippen molar-refractivity contribution in [3.63, 3.8) is 0 Å². The van der Waals surface area contributed by atoms with E-state index in [0.29, 0.717) is 0 Å². The molecule has 0 bridgehead atoms. The molecule has 14 heteroatoms. The molecular formula is C28H20Cl2F5N3O4. The summed E-state index contributed by atoms with van der Waals surface area (Å²) in [6.07, 6.45) is -6.59. The average molecular weight is 628 g/mol. The first-order chi connectivity index (χ1) is 19.7. The summed E-state index contributed by atoms with van der Waals surface area (Å²) in [6.45, 7) is 0. The fourth-order valence-corrected chi connectivity index (χ4v) is 5.65. The zero-order valence-electron chi connectivity index (χ0n) is 21.4. The van der Waals surface area contributed by atoms with Gasteiger partial charge < -0.3 is 20.5 Å². The maximum Gasteiger partial charge on any atom is 0.390 e. The maximum atomic E-state index is 15.6. The van der Waals surface area contributed by atoms with Gasteiger partial charge in [0.2, 0.25) is 5.91 Å². The third kappa shape index (κ3) is 5.72. The molecule has 1 saturated heterocycles. The van der Waals surface area contributed by atoms with E-state index in [1.807, 2.05) is 0 Å². The van der Waals surface area contributed by atoms with Crippen molar-refractivity contribution in [2.24, 2.45) is 0 Å². The van der Waals surface area contributed by atoms with Gasteiger partial charge in [0.25, 0.3) is 0 Å². The number of carbonyl (C=O) groups is 2. The molecule has 1 aliphatic rings. The van der Waals surface area contributed by atoms with Crippen molar-refractivity contribution in [2.75, 3.05) is 12.4 Å². The molecule has 0 saturated carbocycles. The smallest absolute Gasteiger partial charge is 0.390 e. The molecule has 3 aromatic carbocycles. The second kappa shape index (κ2) is 11.8. The van der Waals surface area contributed by atoms with Gasteiger partial charge in [-0.2, -0.15) is 18.4 Å². The number of aromatic carboxylic acids is 1. The molecule has 3 N–H and O–H groups in total. The first-order valence-corrected chi connectivity index (χ1v) is 12.8. The average Bonchev–Trinajstić information content (AvgIpc) is 3.23. The van der Waals surface area contributed by atoms with E-state index in [-0.39, 0.29) is 22.0 Å². The fourth-order valence-electron chi connectivity index (χ4n) is 5.31. The van der Waals surface area contributed by atoms with Gasteiger partial charge in [-0.3, -0.25) is 4.79 Å². The van der Waals surface area contributed by atoms with E-state index < -0.39 is 75.7 Å². The predicted molar refractivity (Wildman–Crippen MR) is 143 cm³/mol. The number of nitriles is 1. The highest BCUT2D eigenvalue weighted by molar-refractivity contribution is 6.31. The lowest BCUT2D eigenvalue weighted by atomic mass is 9.64. The second-order valence-corrected chi connectivity index (χ2v) is 10.3. The van der Waals surface area contributed by atoms with Gasteiger partial charge in [-0.1, -0.05) is 41.4 Å². The summed E-state index contributed by atoms with van der Waals surface area (Å²) in [5, 5.41) is 24.2. The lowest BCUT2D eigenvalue weighted by molar-refractivity contribution is -0.141. The van der Waals surface area contributed by atoms with Gasteiger partial charge in [-0.15, -0.1) is 0 Å². The number of halogens is 7. The van der Waals surface area contributed by atoms with Crippen molar-refractivity contribution in [1.29, 1.82) is 5.26 Å². The zero-order chi connectivity index (χ0) is 31.0. The molecule has 0 unspecified atom stereocenters. The van der Waals surface area contributed by atoms with E-state index in [4.69, 9.17) is 27.9 Å². The Kier molecular flexibility index (Phi) is 8.68. The van der Waals surface area contributed by atoms with Crippen LogP contribution in [0.3, 0.4) is 0 Å². The highest BCUT2D eigenvalue weighted by Gasteiger charge is 2.62. The summed E-state index contributed by atoms with van der Waals surface area (Å²) in [4.78, 5) is 25.1. The Morgan fingerprint density at radius 2 is 1.86 bits per heavy atom. The van der Waals surface area contributed by atoms with E-state index in [0.717, 1.165) is 42.5 Å². The number of hydrogen-bond acceptors (Lipinski definition) is 5. The first-order valence-electron chi connectivity index (χ1n) is 12.1. The van der Waals surface area contributed by atoms with Gasteiger partial charge >= 0.3 is 12.1 Å². The van der Waals surface area contributed by atoms with Crippen LogP contribution in [0.5, 0.6) is 5.75 Å². The predicted octanol–water partition coefficient (Wildman–Crippen LogP) is 6.46. The van der Waals surface area contributed by atoms with Crippen molar-refractivity contribution >= 4 is 40.8 Å². The number of carboxylic acid groups (broad SMARTS) is 1. The van der Waals surface area contributed by atoms with Crippen LogP contribution in [0.25, 0.3) is 0 Å². The topological polar surface area (TPSA) is 111 Å². The van der Waals surface area contributed by atoms with Gasteiger partial charge in [0.05, 0.1) is 41.9 Å². The molecule has 42 heavy (non-hydrogen) atoms. The Bertz CT molecular complexity index is 1600. The number of carbonyl (C=O) groups excluding carboxylic acids is 1.